The van der Waals surface area contributed by atoms with E-state index in [4.69, 9.17) is 17.0 Å². The van der Waals surface area contributed by atoms with Crippen molar-refractivity contribution in [2.45, 2.75) is 50.4 Å². The fourth-order valence-electron chi connectivity index (χ4n) is 4.17. The normalized spacial score (nSPS) is 33.1. The summed E-state index contributed by atoms with van der Waals surface area (Å²) in [5, 5.41) is 3.98. The summed E-state index contributed by atoms with van der Waals surface area (Å²) >= 11 is 5.48. The van der Waals surface area contributed by atoms with Gasteiger partial charge in [-0.3, -0.25) is 9.69 Å². The first-order valence-electron chi connectivity index (χ1n) is 8.55. The summed E-state index contributed by atoms with van der Waals surface area (Å²) in [4.78, 5) is 14.6. The van der Waals surface area contributed by atoms with Crippen molar-refractivity contribution in [3.63, 3.8) is 0 Å². The number of hydrogen-bond acceptors (Lipinski definition) is 3. The summed E-state index contributed by atoms with van der Waals surface area (Å²) < 4.78 is 6.10. The Morgan fingerprint density at radius 1 is 1.22 bits per heavy atom. The summed E-state index contributed by atoms with van der Waals surface area (Å²) in [6.07, 6.45) is 5.32. The Kier molecular flexibility index (Phi) is 4.07. The number of ether oxygens (including phenoxy) is 1. The van der Waals surface area contributed by atoms with Gasteiger partial charge in [0.15, 0.2) is 11.2 Å². The lowest BCUT2D eigenvalue weighted by atomic mass is 9.82. The van der Waals surface area contributed by atoms with Crippen molar-refractivity contribution in [2.75, 3.05) is 6.54 Å². The van der Waals surface area contributed by atoms with Gasteiger partial charge < -0.3 is 10.1 Å². The van der Waals surface area contributed by atoms with Crippen molar-refractivity contribution in [1.29, 1.82) is 0 Å². The molecule has 0 bridgehead atoms. The minimum Gasteiger partial charge on any atom is -0.363 e. The summed E-state index contributed by atoms with van der Waals surface area (Å²) in [6.45, 7) is 0.608. The number of rotatable bonds is 3. The van der Waals surface area contributed by atoms with Crippen LogP contribution in [0.15, 0.2) is 30.3 Å². The number of carbonyl (C=O) groups excluding carboxylic acids is 1. The molecule has 1 amide bonds. The predicted octanol–water partition coefficient (Wildman–Crippen LogP) is 2.27. The third-order valence-electron chi connectivity index (χ3n) is 5.37. The molecule has 0 radical (unpaired) electrons. The number of thiocarbonyl (C=S) groups is 1. The first kappa shape index (κ1) is 15.1. The molecule has 4 nitrogen and oxygen atoms in total. The number of nitrogens with one attached hydrogen (secondary N) is 1. The van der Waals surface area contributed by atoms with Gasteiger partial charge >= 0.3 is 0 Å². The second kappa shape index (κ2) is 6.21. The van der Waals surface area contributed by atoms with Crippen LogP contribution in [0.1, 0.15) is 31.2 Å². The van der Waals surface area contributed by atoms with Crippen LogP contribution < -0.4 is 5.32 Å². The quantitative estimate of drug-likeness (QED) is 0.864. The highest BCUT2D eigenvalue weighted by Crippen LogP contribution is 2.39. The maximum atomic E-state index is 12.9. The molecule has 3 aliphatic rings. The fraction of sp³-hybridized carbons (Fsp3) is 0.556. The van der Waals surface area contributed by atoms with Crippen LogP contribution in [-0.2, 0) is 16.0 Å². The van der Waals surface area contributed by atoms with E-state index in [1.165, 1.54) is 18.4 Å². The third-order valence-corrected chi connectivity index (χ3v) is 5.71. The highest BCUT2D eigenvalue weighted by Gasteiger charge is 2.52. The summed E-state index contributed by atoms with van der Waals surface area (Å²) in [6, 6.07) is 10.3. The lowest BCUT2D eigenvalue weighted by molar-refractivity contribution is -0.141. The van der Waals surface area contributed by atoms with Gasteiger partial charge in [0.05, 0.1) is 12.1 Å². The van der Waals surface area contributed by atoms with Gasteiger partial charge in [-0.05, 0) is 37.0 Å². The van der Waals surface area contributed by atoms with Gasteiger partial charge in [-0.2, -0.15) is 0 Å². The molecule has 4 unspecified atom stereocenters. The number of fused-ring (bicyclic) bond motifs is 3. The first-order valence-corrected chi connectivity index (χ1v) is 8.96. The van der Waals surface area contributed by atoms with E-state index < -0.39 is 0 Å². The van der Waals surface area contributed by atoms with Crippen molar-refractivity contribution in [3.8, 4) is 0 Å². The van der Waals surface area contributed by atoms with Gasteiger partial charge in [-0.15, -0.1) is 0 Å². The van der Waals surface area contributed by atoms with Crippen LogP contribution in [-0.4, -0.2) is 40.7 Å². The molecular weight excluding hydrogens is 308 g/mol. The van der Waals surface area contributed by atoms with E-state index in [9.17, 15) is 4.79 Å². The molecule has 2 aliphatic heterocycles. The van der Waals surface area contributed by atoms with Gasteiger partial charge in [-0.25, -0.2) is 0 Å². The van der Waals surface area contributed by atoms with Crippen LogP contribution in [0.3, 0.4) is 0 Å². The lowest BCUT2D eigenvalue weighted by Crippen LogP contribution is -2.62. The average molecular weight is 330 g/mol. The fourth-order valence-corrected chi connectivity index (χ4v) is 4.49. The molecule has 5 heteroatoms. The van der Waals surface area contributed by atoms with Crippen molar-refractivity contribution >= 4 is 23.2 Å². The van der Waals surface area contributed by atoms with Crippen LogP contribution in [0.4, 0.5) is 0 Å². The van der Waals surface area contributed by atoms with Crippen molar-refractivity contribution < 1.29 is 9.53 Å². The Hall–Kier alpha value is -1.46. The Morgan fingerprint density at radius 2 is 2.00 bits per heavy atom. The number of hydrogen-bond donors (Lipinski definition) is 1. The Morgan fingerprint density at radius 3 is 2.83 bits per heavy atom. The van der Waals surface area contributed by atoms with Crippen molar-refractivity contribution in [3.05, 3.63) is 35.9 Å². The minimum atomic E-state index is -0.356. The number of amides is 1. The Balaban J connectivity index is 1.46. The highest BCUT2D eigenvalue weighted by molar-refractivity contribution is 7.80. The molecule has 1 N–H and O–H groups in total. The molecule has 1 saturated carbocycles. The second-order valence-electron chi connectivity index (χ2n) is 6.74. The molecule has 0 spiro atoms. The molecular formula is C18H22N2O2S. The zero-order chi connectivity index (χ0) is 15.8. The molecule has 23 heavy (non-hydrogen) atoms. The molecule has 3 fully saturated rings. The van der Waals surface area contributed by atoms with E-state index >= 15 is 0 Å². The monoisotopic (exact) mass is 330 g/mol. The van der Waals surface area contributed by atoms with Crippen LogP contribution in [0.5, 0.6) is 0 Å². The van der Waals surface area contributed by atoms with E-state index in [1.54, 1.807) is 4.90 Å². The first-order chi connectivity index (χ1) is 11.2. The molecule has 4 rings (SSSR count). The minimum absolute atomic E-state index is 0.0454. The number of carbonyl (C=O) groups is 1. The van der Waals surface area contributed by atoms with Crippen LogP contribution in [0.25, 0.3) is 0 Å². The van der Waals surface area contributed by atoms with Gasteiger partial charge in [0, 0.05) is 12.5 Å². The standard InChI is InChI=1S/C18H22N2O2S/c21-17-16-15(13-8-4-5-9-14(13)22-16)19-18(23)20(17)11-10-12-6-2-1-3-7-12/h1-3,6-7,13-16H,4-5,8-11H2,(H,19,23). The van der Waals surface area contributed by atoms with Crippen LogP contribution in [0, 0.1) is 5.92 Å². The predicted molar refractivity (Wildman–Crippen MR) is 92.0 cm³/mol. The SMILES string of the molecule is O=C1C2OC3CCCCC3C2NC(=S)N1CCc1ccccc1. The van der Waals surface area contributed by atoms with E-state index in [2.05, 4.69) is 17.4 Å². The zero-order valence-electron chi connectivity index (χ0n) is 13.1. The van der Waals surface area contributed by atoms with E-state index in [0.29, 0.717) is 17.6 Å². The molecule has 2 heterocycles. The van der Waals surface area contributed by atoms with Crippen LogP contribution in [0.2, 0.25) is 0 Å². The second-order valence-corrected chi connectivity index (χ2v) is 7.13. The van der Waals surface area contributed by atoms with Crippen molar-refractivity contribution in [2.24, 2.45) is 5.92 Å². The smallest absolute Gasteiger partial charge is 0.260 e. The maximum Gasteiger partial charge on any atom is 0.260 e. The van der Waals surface area contributed by atoms with Gasteiger partial charge in [0.2, 0.25) is 0 Å². The largest absolute Gasteiger partial charge is 0.363 e. The Labute approximate surface area is 142 Å². The average Bonchev–Trinajstić information content (AvgIpc) is 2.95. The van der Waals surface area contributed by atoms with Crippen molar-refractivity contribution in [1.82, 2.24) is 10.2 Å². The molecule has 0 aromatic heterocycles. The molecule has 122 valence electrons. The van der Waals surface area contributed by atoms with E-state index in [-0.39, 0.29) is 24.2 Å². The molecule has 1 aliphatic carbocycles. The van der Waals surface area contributed by atoms with E-state index in [0.717, 1.165) is 19.3 Å². The summed E-state index contributed by atoms with van der Waals surface area (Å²) in [7, 11) is 0. The molecule has 2 saturated heterocycles. The number of benzene rings is 1. The lowest BCUT2D eigenvalue weighted by Gasteiger charge is -2.37. The van der Waals surface area contributed by atoms with Crippen LogP contribution >= 0.6 is 12.2 Å². The topological polar surface area (TPSA) is 41.6 Å². The van der Waals surface area contributed by atoms with Gasteiger partial charge in [0.25, 0.3) is 5.91 Å². The van der Waals surface area contributed by atoms with Gasteiger partial charge in [0.1, 0.15) is 0 Å². The summed E-state index contributed by atoms with van der Waals surface area (Å²) in [5.74, 6) is 0.482. The number of nitrogens with zero attached hydrogens (tertiary/aromatic N) is 1. The third kappa shape index (κ3) is 2.76. The zero-order valence-corrected chi connectivity index (χ0v) is 13.9. The van der Waals surface area contributed by atoms with Gasteiger partial charge in [-0.1, -0.05) is 43.2 Å². The van der Waals surface area contributed by atoms with E-state index in [1.807, 2.05) is 18.2 Å². The maximum absolute atomic E-state index is 12.9. The Bertz CT molecular complexity index is 606. The molecule has 1 aromatic carbocycles. The molecule has 4 atom stereocenters. The molecule has 1 aromatic rings. The summed E-state index contributed by atoms with van der Waals surface area (Å²) in [5.41, 5.74) is 1.21. The highest BCUT2D eigenvalue weighted by atomic mass is 32.1.